The molecular formula is C24H26F3NO4S. The fourth-order valence-corrected chi connectivity index (χ4v) is 5.13. The summed E-state index contributed by atoms with van der Waals surface area (Å²) in [6.45, 7) is 0.000417. The molecule has 2 aromatic carbocycles. The Hall–Kier alpha value is -2.68. The quantitative estimate of drug-likeness (QED) is 0.565. The third-order valence-corrected chi connectivity index (χ3v) is 6.84. The minimum absolute atomic E-state index is 0.000417. The number of carboxylic acids is 1. The van der Waals surface area contributed by atoms with Gasteiger partial charge in [-0.15, -0.1) is 0 Å². The van der Waals surface area contributed by atoms with E-state index in [1.807, 2.05) is 30.3 Å². The van der Waals surface area contributed by atoms with Crippen LogP contribution >= 0.6 is 11.8 Å². The number of thioether (sulfide) groups is 1. The van der Waals surface area contributed by atoms with Gasteiger partial charge in [0.25, 0.3) is 0 Å². The molecule has 1 heterocycles. The first kappa shape index (κ1) is 25.0. The predicted octanol–water partition coefficient (Wildman–Crippen LogP) is 4.65. The number of benzene rings is 2. The number of ether oxygens (including phenoxy) is 1. The Kier molecular flexibility index (Phi) is 8.29. The van der Waals surface area contributed by atoms with Crippen molar-refractivity contribution in [2.24, 2.45) is 11.8 Å². The van der Waals surface area contributed by atoms with Crippen molar-refractivity contribution in [3.8, 4) is 5.75 Å². The van der Waals surface area contributed by atoms with E-state index in [9.17, 15) is 27.9 Å². The molecule has 5 nitrogen and oxygen atoms in total. The Morgan fingerprint density at radius 1 is 1.12 bits per heavy atom. The van der Waals surface area contributed by atoms with Crippen LogP contribution in [0.3, 0.4) is 0 Å². The molecule has 2 aromatic rings. The molecule has 0 radical (unpaired) electrons. The van der Waals surface area contributed by atoms with Crippen molar-refractivity contribution >= 4 is 23.6 Å². The van der Waals surface area contributed by atoms with Gasteiger partial charge in [0.1, 0.15) is 17.7 Å². The van der Waals surface area contributed by atoms with E-state index in [4.69, 9.17) is 4.74 Å². The lowest BCUT2D eigenvalue weighted by Gasteiger charge is -2.28. The number of aliphatic carboxylic acids is 1. The summed E-state index contributed by atoms with van der Waals surface area (Å²) in [4.78, 5) is 25.6. The minimum atomic E-state index is -4.76. The summed E-state index contributed by atoms with van der Waals surface area (Å²) >= 11 is 0.999. The van der Waals surface area contributed by atoms with Gasteiger partial charge in [0.15, 0.2) is 0 Å². The van der Waals surface area contributed by atoms with E-state index in [1.165, 1.54) is 7.11 Å². The summed E-state index contributed by atoms with van der Waals surface area (Å²) in [5.41, 5.74) is 1.77. The van der Waals surface area contributed by atoms with Crippen molar-refractivity contribution < 1.29 is 32.6 Å². The van der Waals surface area contributed by atoms with Crippen LogP contribution in [0.15, 0.2) is 54.6 Å². The second kappa shape index (κ2) is 11.0. The monoisotopic (exact) mass is 481 g/mol. The summed E-state index contributed by atoms with van der Waals surface area (Å²) < 4.78 is 46.5. The molecule has 0 aromatic heterocycles. The van der Waals surface area contributed by atoms with Gasteiger partial charge in [-0.1, -0.05) is 42.5 Å². The molecule has 178 valence electrons. The minimum Gasteiger partial charge on any atom is -0.497 e. The van der Waals surface area contributed by atoms with Crippen molar-refractivity contribution in [1.29, 1.82) is 0 Å². The molecule has 0 bridgehead atoms. The number of methoxy groups -OCH3 is 1. The van der Waals surface area contributed by atoms with E-state index in [-0.39, 0.29) is 18.9 Å². The van der Waals surface area contributed by atoms with Crippen LogP contribution in [0, 0.1) is 11.8 Å². The number of carboxylic acid groups (broad SMARTS) is 1. The van der Waals surface area contributed by atoms with Gasteiger partial charge in [-0.3, -0.25) is 4.79 Å². The van der Waals surface area contributed by atoms with Gasteiger partial charge >= 0.3 is 12.1 Å². The first-order valence-electron chi connectivity index (χ1n) is 10.5. The number of rotatable bonds is 9. The first-order valence-corrected chi connectivity index (χ1v) is 11.7. The van der Waals surface area contributed by atoms with Crippen LogP contribution in [-0.4, -0.2) is 53.5 Å². The predicted molar refractivity (Wildman–Crippen MR) is 120 cm³/mol. The van der Waals surface area contributed by atoms with E-state index < -0.39 is 35.8 Å². The highest BCUT2D eigenvalue weighted by Crippen LogP contribution is 2.35. The van der Waals surface area contributed by atoms with Crippen LogP contribution < -0.4 is 4.74 Å². The number of amides is 1. The van der Waals surface area contributed by atoms with Crippen molar-refractivity contribution in [2.75, 3.05) is 19.4 Å². The summed E-state index contributed by atoms with van der Waals surface area (Å²) in [5.74, 6) is -4.43. The van der Waals surface area contributed by atoms with E-state index >= 15 is 0 Å². The van der Waals surface area contributed by atoms with Crippen LogP contribution in [-0.2, 0) is 21.8 Å². The van der Waals surface area contributed by atoms with Crippen molar-refractivity contribution in [3.05, 3.63) is 65.7 Å². The molecule has 0 saturated carbocycles. The maximum Gasteiger partial charge on any atom is 0.401 e. The molecule has 1 amide bonds. The topological polar surface area (TPSA) is 66.8 Å². The van der Waals surface area contributed by atoms with E-state index in [0.717, 1.165) is 27.8 Å². The fraction of sp³-hybridized carbons (Fsp3) is 0.417. The van der Waals surface area contributed by atoms with E-state index in [0.29, 0.717) is 17.9 Å². The molecule has 1 aliphatic heterocycles. The molecular weight excluding hydrogens is 455 g/mol. The molecule has 0 aliphatic carbocycles. The smallest absolute Gasteiger partial charge is 0.401 e. The molecule has 9 heteroatoms. The maximum absolute atomic E-state index is 13.8. The van der Waals surface area contributed by atoms with Gasteiger partial charge in [-0.05, 0) is 42.0 Å². The third-order valence-electron chi connectivity index (χ3n) is 5.73. The lowest BCUT2D eigenvalue weighted by molar-refractivity contribution is -0.186. The number of hydrogen-bond acceptors (Lipinski definition) is 4. The first-order chi connectivity index (χ1) is 15.7. The highest BCUT2D eigenvalue weighted by Gasteiger charge is 2.50. The number of carbonyl (C=O) groups excluding carboxylic acids is 1. The number of hydrogen-bond donors (Lipinski definition) is 1. The Labute approximate surface area is 194 Å². The zero-order valence-electron chi connectivity index (χ0n) is 18.1. The van der Waals surface area contributed by atoms with E-state index in [1.54, 1.807) is 24.3 Å². The molecule has 1 saturated heterocycles. The van der Waals surface area contributed by atoms with Crippen molar-refractivity contribution in [3.63, 3.8) is 0 Å². The Balaban J connectivity index is 1.67. The zero-order valence-corrected chi connectivity index (χ0v) is 18.9. The van der Waals surface area contributed by atoms with Gasteiger partial charge < -0.3 is 14.7 Å². The summed E-state index contributed by atoms with van der Waals surface area (Å²) in [5, 5.41) is 9.58. The zero-order chi connectivity index (χ0) is 24.0. The summed E-state index contributed by atoms with van der Waals surface area (Å²) in [7, 11) is 1.52. The standard InChI is InChI=1S/C24H26F3NO4S/c1-32-19-9-7-17(8-10-19)14-33-15-20(24(25,26)27)22(29)28-13-18(12-21(28)23(30)31)11-16-5-3-2-4-6-16/h2-10,18,20-21H,11-15H2,1H3,(H,30,31)/t18?,20?,21-/m0/s1. The second-order valence-corrected chi connectivity index (χ2v) is 9.12. The third kappa shape index (κ3) is 6.66. The molecule has 33 heavy (non-hydrogen) atoms. The van der Waals surface area contributed by atoms with Crippen LogP contribution in [0.1, 0.15) is 17.5 Å². The SMILES string of the molecule is COc1ccc(CSCC(C(=O)N2CC(Cc3ccccc3)C[C@H]2C(=O)O)C(F)(F)F)cc1. The molecule has 1 fully saturated rings. The van der Waals surface area contributed by atoms with Gasteiger partial charge in [-0.25, -0.2) is 4.79 Å². The Morgan fingerprint density at radius 2 is 1.79 bits per heavy atom. The van der Waals surface area contributed by atoms with Crippen LogP contribution in [0.4, 0.5) is 13.2 Å². The maximum atomic E-state index is 13.8. The number of nitrogens with zero attached hydrogens (tertiary/aromatic N) is 1. The molecule has 3 atom stereocenters. The Bertz CT molecular complexity index is 937. The molecule has 3 rings (SSSR count). The van der Waals surface area contributed by atoms with Gasteiger partial charge in [-0.2, -0.15) is 24.9 Å². The highest BCUT2D eigenvalue weighted by atomic mass is 32.2. The lowest BCUT2D eigenvalue weighted by Crippen LogP contribution is -2.48. The second-order valence-electron chi connectivity index (χ2n) is 8.09. The lowest BCUT2D eigenvalue weighted by atomic mass is 9.97. The number of halogens is 3. The normalized spacial score (nSPS) is 19.3. The van der Waals surface area contributed by atoms with Crippen molar-refractivity contribution in [1.82, 2.24) is 4.90 Å². The molecule has 0 spiro atoms. The highest BCUT2D eigenvalue weighted by molar-refractivity contribution is 7.98. The summed E-state index contributed by atoms with van der Waals surface area (Å²) in [6, 6.07) is 15.0. The molecule has 1 N–H and O–H groups in total. The molecule has 1 aliphatic rings. The largest absolute Gasteiger partial charge is 0.497 e. The Morgan fingerprint density at radius 3 is 2.36 bits per heavy atom. The molecule has 2 unspecified atom stereocenters. The van der Waals surface area contributed by atoms with E-state index in [2.05, 4.69) is 0 Å². The number of alkyl halides is 3. The summed E-state index contributed by atoms with van der Waals surface area (Å²) in [6.07, 6.45) is -4.11. The average Bonchev–Trinajstić information content (AvgIpc) is 3.21. The number of likely N-dealkylation sites (tertiary alicyclic amines) is 1. The number of carbonyl (C=O) groups is 2. The van der Waals surface area contributed by atoms with Crippen LogP contribution in [0.2, 0.25) is 0 Å². The van der Waals surface area contributed by atoms with Crippen LogP contribution in [0.25, 0.3) is 0 Å². The van der Waals surface area contributed by atoms with Gasteiger partial charge in [0, 0.05) is 18.1 Å². The fourth-order valence-electron chi connectivity index (χ4n) is 4.02. The average molecular weight is 482 g/mol. The van der Waals surface area contributed by atoms with Crippen LogP contribution in [0.5, 0.6) is 5.75 Å². The van der Waals surface area contributed by atoms with Gasteiger partial charge in [0.05, 0.1) is 7.11 Å². The van der Waals surface area contributed by atoms with Gasteiger partial charge in [0.2, 0.25) is 5.91 Å². The van der Waals surface area contributed by atoms with Crippen molar-refractivity contribution in [2.45, 2.75) is 30.8 Å².